The number of amides is 1. The van der Waals surface area contributed by atoms with Crippen molar-refractivity contribution in [2.75, 3.05) is 26.2 Å². The molecular formula is C19H41N2O2+. The molecule has 0 aliphatic rings. The number of carbonyl (C=O) groups excluding carboxylic acids is 1. The van der Waals surface area contributed by atoms with Crippen LogP contribution in [0.1, 0.15) is 85.5 Å². The number of rotatable bonds is 15. The third kappa shape index (κ3) is 9.85. The molecule has 0 saturated heterocycles. The summed E-state index contributed by atoms with van der Waals surface area (Å²) >= 11 is 0. The molecule has 0 fully saturated rings. The number of nitrogens with zero attached hydrogens (tertiary/aromatic N) is 1. The van der Waals surface area contributed by atoms with Crippen LogP contribution in [-0.4, -0.2) is 42.9 Å². The molecule has 23 heavy (non-hydrogen) atoms. The lowest BCUT2D eigenvalue weighted by molar-refractivity contribution is -0.950. The van der Waals surface area contributed by atoms with E-state index in [9.17, 15) is 4.79 Å². The standard InChI is InChI=1S/C19H40N2O2/c1-5-8-11-14-21(15-12-9-6-2,16-13-10-7-3)18(4)17-23-19(20)22/h18H,5-17H2,1-4H3,(H-,20,22)/p+1. The highest BCUT2D eigenvalue weighted by molar-refractivity contribution is 5.64. The molecule has 0 rings (SSSR count). The normalized spacial score (nSPS) is 13.0. The van der Waals surface area contributed by atoms with Gasteiger partial charge in [-0.05, 0) is 45.4 Å². The number of carbonyl (C=O) groups is 1. The van der Waals surface area contributed by atoms with E-state index in [1.54, 1.807) is 0 Å². The molecule has 4 nitrogen and oxygen atoms in total. The number of quaternary nitrogens is 1. The molecule has 1 unspecified atom stereocenters. The molecule has 1 atom stereocenters. The van der Waals surface area contributed by atoms with E-state index in [4.69, 9.17) is 10.5 Å². The Hall–Kier alpha value is -0.770. The summed E-state index contributed by atoms with van der Waals surface area (Å²) in [6.07, 6.45) is 10.7. The molecule has 0 radical (unpaired) electrons. The van der Waals surface area contributed by atoms with E-state index in [0.717, 1.165) is 4.48 Å². The highest BCUT2D eigenvalue weighted by atomic mass is 16.5. The summed E-state index contributed by atoms with van der Waals surface area (Å²) in [5.74, 6) is 0. The van der Waals surface area contributed by atoms with Crippen molar-refractivity contribution in [3.05, 3.63) is 0 Å². The van der Waals surface area contributed by atoms with Gasteiger partial charge in [0.2, 0.25) is 0 Å². The number of hydrogen-bond donors (Lipinski definition) is 1. The molecule has 0 aliphatic heterocycles. The second-order valence-corrected chi connectivity index (χ2v) is 6.99. The first kappa shape index (κ1) is 22.2. The van der Waals surface area contributed by atoms with Crippen LogP contribution in [0.3, 0.4) is 0 Å². The van der Waals surface area contributed by atoms with Crippen molar-refractivity contribution in [2.24, 2.45) is 5.73 Å². The van der Waals surface area contributed by atoms with Crippen molar-refractivity contribution in [1.29, 1.82) is 0 Å². The number of primary amides is 1. The zero-order chi connectivity index (χ0) is 17.6. The lowest BCUT2D eigenvalue weighted by atomic mass is 10.1. The van der Waals surface area contributed by atoms with E-state index in [1.165, 1.54) is 77.4 Å². The van der Waals surface area contributed by atoms with Crippen molar-refractivity contribution in [2.45, 2.75) is 91.5 Å². The van der Waals surface area contributed by atoms with Gasteiger partial charge in [0.05, 0.1) is 19.6 Å². The summed E-state index contributed by atoms with van der Waals surface area (Å²) in [5.41, 5.74) is 5.18. The molecule has 0 aromatic heterocycles. The Labute approximate surface area is 144 Å². The first-order valence-electron chi connectivity index (χ1n) is 9.80. The average molecular weight is 330 g/mol. The number of unbranched alkanes of at least 4 members (excludes halogenated alkanes) is 6. The van der Waals surface area contributed by atoms with E-state index in [1.807, 2.05) is 0 Å². The second-order valence-electron chi connectivity index (χ2n) is 6.99. The van der Waals surface area contributed by atoms with Crippen LogP contribution < -0.4 is 5.73 Å². The van der Waals surface area contributed by atoms with Crippen LogP contribution in [0.5, 0.6) is 0 Å². The number of hydrogen-bond acceptors (Lipinski definition) is 2. The SMILES string of the molecule is CCCCC[N+](CCCCC)(CCCCC)C(C)COC(N)=O. The minimum atomic E-state index is -0.648. The summed E-state index contributed by atoms with van der Waals surface area (Å²) in [4.78, 5) is 11.0. The van der Waals surface area contributed by atoms with E-state index in [-0.39, 0.29) is 0 Å². The second kappa shape index (κ2) is 13.6. The molecule has 0 aliphatic carbocycles. The fraction of sp³-hybridized carbons (Fsp3) is 0.947. The van der Waals surface area contributed by atoms with Crippen LogP contribution in [-0.2, 0) is 4.74 Å². The topological polar surface area (TPSA) is 52.3 Å². The molecule has 138 valence electrons. The smallest absolute Gasteiger partial charge is 0.404 e. The van der Waals surface area contributed by atoms with Crippen LogP contribution in [0.2, 0.25) is 0 Å². The molecule has 0 aromatic carbocycles. The van der Waals surface area contributed by atoms with Crippen LogP contribution in [0, 0.1) is 0 Å². The Morgan fingerprint density at radius 3 is 1.57 bits per heavy atom. The van der Waals surface area contributed by atoms with Gasteiger partial charge in [0.1, 0.15) is 12.6 Å². The number of ether oxygens (including phenoxy) is 1. The minimum absolute atomic E-state index is 0.327. The highest BCUT2D eigenvalue weighted by Crippen LogP contribution is 2.21. The fourth-order valence-corrected chi connectivity index (χ4v) is 3.39. The van der Waals surface area contributed by atoms with Crippen LogP contribution in [0.4, 0.5) is 4.79 Å². The zero-order valence-electron chi connectivity index (χ0n) is 16.1. The maximum absolute atomic E-state index is 11.0. The minimum Gasteiger partial charge on any atom is -0.443 e. The van der Waals surface area contributed by atoms with Gasteiger partial charge in [-0.2, -0.15) is 0 Å². The quantitative estimate of drug-likeness (QED) is 0.344. The van der Waals surface area contributed by atoms with Crippen LogP contribution >= 0.6 is 0 Å². The Morgan fingerprint density at radius 1 is 0.870 bits per heavy atom. The largest absolute Gasteiger partial charge is 0.443 e. The van der Waals surface area contributed by atoms with E-state index in [0.29, 0.717) is 12.6 Å². The van der Waals surface area contributed by atoms with Crippen LogP contribution in [0.15, 0.2) is 0 Å². The predicted molar refractivity (Wildman–Crippen MR) is 98.4 cm³/mol. The van der Waals surface area contributed by atoms with Crippen LogP contribution in [0.25, 0.3) is 0 Å². The first-order valence-corrected chi connectivity index (χ1v) is 9.80. The van der Waals surface area contributed by atoms with Crippen molar-refractivity contribution in [1.82, 2.24) is 0 Å². The Morgan fingerprint density at radius 2 is 1.26 bits per heavy atom. The summed E-state index contributed by atoms with van der Waals surface area (Å²) in [5, 5.41) is 0. The molecule has 1 amide bonds. The van der Waals surface area contributed by atoms with Crippen molar-refractivity contribution in [3.63, 3.8) is 0 Å². The van der Waals surface area contributed by atoms with Gasteiger partial charge in [0, 0.05) is 0 Å². The maximum atomic E-state index is 11.0. The van der Waals surface area contributed by atoms with E-state index < -0.39 is 6.09 Å². The van der Waals surface area contributed by atoms with Crippen molar-refractivity contribution >= 4 is 6.09 Å². The summed E-state index contributed by atoms with van der Waals surface area (Å²) in [6, 6.07) is 0.327. The van der Waals surface area contributed by atoms with Gasteiger partial charge in [0.15, 0.2) is 0 Å². The molecule has 4 heteroatoms. The average Bonchev–Trinajstić information content (AvgIpc) is 2.52. The van der Waals surface area contributed by atoms with E-state index in [2.05, 4.69) is 27.7 Å². The summed E-state index contributed by atoms with van der Waals surface area (Å²) < 4.78 is 6.24. The van der Waals surface area contributed by atoms with Gasteiger partial charge in [-0.3, -0.25) is 0 Å². The Kier molecular flexibility index (Phi) is 13.2. The van der Waals surface area contributed by atoms with Gasteiger partial charge in [-0.1, -0.05) is 40.0 Å². The monoisotopic (exact) mass is 329 g/mol. The maximum Gasteiger partial charge on any atom is 0.404 e. The lowest BCUT2D eigenvalue weighted by Gasteiger charge is -2.44. The van der Waals surface area contributed by atoms with E-state index >= 15 is 0 Å². The predicted octanol–water partition coefficient (Wildman–Crippen LogP) is 4.86. The van der Waals surface area contributed by atoms with Gasteiger partial charge in [-0.15, -0.1) is 0 Å². The molecule has 0 saturated carbocycles. The third-order valence-electron chi connectivity index (χ3n) is 5.02. The summed E-state index contributed by atoms with van der Waals surface area (Å²) in [7, 11) is 0. The highest BCUT2D eigenvalue weighted by Gasteiger charge is 2.33. The molecule has 2 N–H and O–H groups in total. The first-order chi connectivity index (χ1) is 11.0. The Balaban J connectivity index is 4.94. The summed E-state index contributed by atoms with van der Waals surface area (Å²) in [6.45, 7) is 13.0. The lowest BCUT2D eigenvalue weighted by Crippen LogP contribution is -2.57. The number of nitrogens with two attached hydrogens (primary N) is 1. The molecule has 0 bridgehead atoms. The van der Waals surface area contributed by atoms with Gasteiger partial charge >= 0.3 is 6.09 Å². The van der Waals surface area contributed by atoms with Crippen molar-refractivity contribution in [3.8, 4) is 0 Å². The molecule has 0 heterocycles. The Bertz CT molecular complexity index is 269. The molecule has 0 spiro atoms. The van der Waals surface area contributed by atoms with Gasteiger partial charge in [-0.25, -0.2) is 4.79 Å². The molecule has 0 aromatic rings. The molecular weight excluding hydrogens is 288 g/mol. The third-order valence-corrected chi connectivity index (χ3v) is 5.02. The fourth-order valence-electron chi connectivity index (χ4n) is 3.39. The van der Waals surface area contributed by atoms with Gasteiger partial charge in [0.25, 0.3) is 0 Å². The zero-order valence-corrected chi connectivity index (χ0v) is 16.1. The van der Waals surface area contributed by atoms with Gasteiger partial charge < -0.3 is 15.0 Å². The van der Waals surface area contributed by atoms with Crippen molar-refractivity contribution < 1.29 is 14.0 Å².